The fourth-order valence-corrected chi connectivity index (χ4v) is 2.78. The number of aliphatic hydroxyl groups is 1. The number of carbonyl (C=O) groups is 1. The normalized spacial score (nSPS) is 21.3. The zero-order valence-electron chi connectivity index (χ0n) is 11.7. The molecule has 1 N–H and O–H groups in total. The molecule has 1 aliphatic heterocycles. The molecule has 1 amide bonds. The molecule has 1 aliphatic rings. The van der Waals surface area contributed by atoms with Crippen LogP contribution in [0.4, 0.5) is 8.78 Å². The summed E-state index contributed by atoms with van der Waals surface area (Å²) >= 11 is 0. The van der Waals surface area contributed by atoms with E-state index in [1.54, 1.807) is 18.5 Å². The van der Waals surface area contributed by atoms with Crippen LogP contribution in [0.15, 0.2) is 36.7 Å². The summed E-state index contributed by atoms with van der Waals surface area (Å²) in [6.07, 6.45) is 2.62. The van der Waals surface area contributed by atoms with Crippen LogP contribution in [-0.2, 0) is 11.3 Å². The number of likely N-dealkylation sites (tertiary alicyclic amines) is 1. The van der Waals surface area contributed by atoms with Crippen molar-refractivity contribution in [3.05, 3.63) is 53.9 Å². The first kappa shape index (κ1) is 14.6. The van der Waals surface area contributed by atoms with E-state index in [9.17, 15) is 18.7 Å². The van der Waals surface area contributed by atoms with Gasteiger partial charge >= 0.3 is 0 Å². The Morgan fingerprint density at radius 1 is 1.41 bits per heavy atom. The molecule has 22 heavy (non-hydrogen) atoms. The highest BCUT2D eigenvalue weighted by molar-refractivity contribution is 5.77. The summed E-state index contributed by atoms with van der Waals surface area (Å²) in [6.45, 7) is 0.0911. The number of carbonyl (C=O) groups excluding carboxylic acids is 1. The third-order valence-corrected chi connectivity index (χ3v) is 3.77. The fourth-order valence-electron chi connectivity index (χ4n) is 2.78. The van der Waals surface area contributed by atoms with Crippen LogP contribution in [0, 0.1) is 11.6 Å². The molecule has 2 aromatic rings. The second-order valence-corrected chi connectivity index (χ2v) is 5.32. The van der Waals surface area contributed by atoms with Crippen LogP contribution in [0.2, 0.25) is 0 Å². The minimum atomic E-state index is -0.755. The number of hydrogen-bond acceptors (Lipinski definition) is 3. The first-order valence-corrected chi connectivity index (χ1v) is 6.94. The van der Waals surface area contributed by atoms with E-state index in [1.165, 1.54) is 9.58 Å². The molecule has 0 radical (unpaired) electrons. The van der Waals surface area contributed by atoms with Gasteiger partial charge in [-0.05, 0) is 30.7 Å². The molecule has 1 aromatic carbocycles. The smallest absolute Gasteiger partial charge is 0.244 e. The Morgan fingerprint density at radius 2 is 2.23 bits per heavy atom. The molecule has 7 heteroatoms. The van der Waals surface area contributed by atoms with Crippen molar-refractivity contribution in [1.29, 1.82) is 0 Å². The largest absolute Gasteiger partial charge is 0.391 e. The van der Waals surface area contributed by atoms with Crippen LogP contribution in [-0.4, -0.2) is 38.3 Å². The van der Waals surface area contributed by atoms with Crippen LogP contribution in [0.3, 0.4) is 0 Å². The zero-order chi connectivity index (χ0) is 15.7. The third kappa shape index (κ3) is 2.85. The first-order chi connectivity index (χ1) is 10.5. The Balaban J connectivity index is 1.85. The molecule has 0 bridgehead atoms. The van der Waals surface area contributed by atoms with E-state index in [4.69, 9.17) is 0 Å². The second-order valence-electron chi connectivity index (χ2n) is 5.32. The highest BCUT2D eigenvalue weighted by Crippen LogP contribution is 2.34. The molecule has 2 heterocycles. The average molecular weight is 307 g/mol. The predicted octanol–water partition coefficient (Wildman–Crippen LogP) is 1.50. The summed E-state index contributed by atoms with van der Waals surface area (Å²) in [4.78, 5) is 13.8. The summed E-state index contributed by atoms with van der Waals surface area (Å²) in [6, 6.07) is 4.15. The number of β-amino-alcohol motifs (C(OH)–C–C–N with tert-alkyl or cyclic N) is 1. The summed E-state index contributed by atoms with van der Waals surface area (Å²) in [5.41, 5.74) is 0.0883. The van der Waals surface area contributed by atoms with Gasteiger partial charge in [0.25, 0.3) is 0 Å². The van der Waals surface area contributed by atoms with Gasteiger partial charge in [-0.15, -0.1) is 0 Å². The molecule has 5 nitrogen and oxygen atoms in total. The zero-order valence-corrected chi connectivity index (χ0v) is 11.7. The molecule has 0 spiro atoms. The number of amides is 1. The molecular weight excluding hydrogens is 292 g/mol. The summed E-state index contributed by atoms with van der Waals surface area (Å²) in [5.74, 6) is -1.46. The van der Waals surface area contributed by atoms with Crippen molar-refractivity contribution in [3.63, 3.8) is 0 Å². The standard InChI is InChI=1S/C15H15F2N3O2/c16-10-2-3-13(17)12(6-10)14-7-11(21)8-20(14)15(22)9-19-5-1-4-18-19/h1-6,11,14,21H,7-9H2/t11-,14-/m1/s1. The number of benzene rings is 1. The van der Waals surface area contributed by atoms with E-state index in [1.807, 2.05) is 0 Å². The highest BCUT2D eigenvalue weighted by Gasteiger charge is 2.36. The summed E-state index contributed by atoms with van der Waals surface area (Å²) in [7, 11) is 0. The van der Waals surface area contributed by atoms with Gasteiger partial charge in [0.2, 0.25) is 5.91 Å². The van der Waals surface area contributed by atoms with Crippen molar-refractivity contribution < 1.29 is 18.7 Å². The quantitative estimate of drug-likeness (QED) is 0.935. The molecule has 1 aromatic heterocycles. The minimum absolute atomic E-state index is 0.00679. The maximum atomic E-state index is 14.0. The maximum absolute atomic E-state index is 14.0. The molecule has 116 valence electrons. The highest BCUT2D eigenvalue weighted by atomic mass is 19.1. The predicted molar refractivity (Wildman–Crippen MR) is 73.7 cm³/mol. The van der Waals surface area contributed by atoms with Crippen molar-refractivity contribution in [2.75, 3.05) is 6.54 Å². The van der Waals surface area contributed by atoms with E-state index in [2.05, 4.69) is 5.10 Å². The molecule has 2 atom stereocenters. The van der Waals surface area contributed by atoms with E-state index < -0.39 is 23.8 Å². The van der Waals surface area contributed by atoms with Crippen LogP contribution < -0.4 is 0 Å². The number of halogens is 2. The van der Waals surface area contributed by atoms with Gasteiger partial charge < -0.3 is 10.0 Å². The van der Waals surface area contributed by atoms with Gasteiger partial charge in [-0.2, -0.15) is 5.10 Å². The number of aliphatic hydroxyl groups excluding tert-OH is 1. The third-order valence-electron chi connectivity index (χ3n) is 3.77. The lowest BCUT2D eigenvalue weighted by atomic mass is 10.0. The van der Waals surface area contributed by atoms with Crippen LogP contribution >= 0.6 is 0 Å². The van der Waals surface area contributed by atoms with Gasteiger partial charge in [-0.25, -0.2) is 8.78 Å². The molecule has 0 saturated carbocycles. The average Bonchev–Trinajstić information content (AvgIpc) is 3.11. The number of rotatable bonds is 3. The van der Waals surface area contributed by atoms with Gasteiger partial charge in [0.15, 0.2) is 0 Å². The van der Waals surface area contributed by atoms with E-state index in [-0.39, 0.29) is 31.0 Å². The van der Waals surface area contributed by atoms with E-state index >= 15 is 0 Å². The molecule has 1 fully saturated rings. The van der Waals surface area contributed by atoms with Crippen molar-refractivity contribution >= 4 is 5.91 Å². The maximum Gasteiger partial charge on any atom is 0.244 e. The monoisotopic (exact) mass is 307 g/mol. The van der Waals surface area contributed by atoms with Gasteiger partial charge in [-0.1, -0.05) is 0 Å². The Bertz CT molecular complexity index is 675. The first-order valence-electron chi connectivity index (χ1n) is 6.94. The molecular formula is C15H15F2N3O2. The Labute approximate surface area is 125 Å². The lowest BCUT2D eigenvalue weighted by molar-refractivity contribution is -0.133. The second kappa shape index (κ2) is 5.84. The Morgan fingerprint density at radius 3 is 2.95 bits per heavy atom. The summed E-state index contributed by atoms with van der Waals surface area (Å²) < 4.78 is 28.8. The van der Waals surface area contributed by atoms with Gasteiger partial charge in [-0.3, -0.25) is 9.48 Å². The molecule has 0 aliphatic carbocycles. The lowest BCUT2D eigenvalue weighted by Crippen LogP contribution is -2.34. The van der Waals surface area contributed by atoms with Crippen LogP contribution in [0.25, 0.3) is 0 Å². The number of hydrogen-bond donors (Lipinski definition) is 1. The van der Waals surface area contributed by atoms with Gasteiger partial charge in [0.1, 0.15) is 18.2 Å². The van der Waals surface area contributed by atoms with Crippen molar-refractivity contribution in [1.82, 2.24) is 14.7 Å². The van der Waals surface area contributed by atoms with Gasteiger partial charge in [0.05, 0.1) is 12.1 Å². The van der Waals surface area contributed by atoms with E-state index in [0.717, 1.165) is 18.2 Å². The van der Waals surface area contributed by atoms with Gasteiger partial charge in [0, 0.05) is 24.5 Å². The van der Waals surface area contributed by atoms with Crippen molar-refractivity contribution in [3.8, 4) is 0 Å². The Hall–Kier alpha value is -2.28. The molecule has 3 rings (SSSR count). The number of aromatic nitrogens is 2. The van der Waals surface area contributed by atoms with Crippen LogP contribution in [0.1, 0.15) is 18.0 Å². The lowest BCUT2D eigenvalue weighted by Gasteiger charge is -2.25. The number of nitrogens with zero attached hydrogens (tertiary/aromatic N) is 3. The topological polar surface area (TPSA) is 58.4 Å². The summed E-state index contributed by atoms with van der Waals surface area (Å²) in [5, 5.41) is 13.8. The van der Waals surface area contributed by atoms with E-state index in [0.29, 0.717) is 0 Å². The SMILES string of the molecule is O=C(Cn1cccn1)N1C[C@H](O)C[C@@H]1c1cc(F)ccc1F. The van der Waals surface area contributed by atoms with Crippen molar-refractivity contribution in [2.24, 2.45) is 0 Å². The fraction of sp³-hybridized carbons (Fsp3) is 0.333. The van der Waals surface area contributed by atoms with Crippen molar-refractivity contribution in [2.45, 2.75) is 25.1 Å². The molecule has 0 unspecified atom stereocenters. The minimum Gasteiger partial charge on any atom is -0.391 e. The molecule has 1 saturated heterocycles. The Kier molecular flexibility index (Phi) is 3.89. The van der Waals surface area contributed by atoms with Crippen LogP contribution in [0.5, 0.6) is 0 Å².